The topological polar surface area (TPSA) is 81.4 Å². The lowest BCUT2D eigenvalue weighted by Crippen LogP contribution is -2.42. The van der Waals surface area contributed by atoms with Crippen molar-refractivity contribution in [3.05, 3.63) is 35.9 Å². The molecule has 0 aliphatic heterocycles. The molecule has 0 spiro atoms. The van der Waals surface area contributed by atoms with Crippen LogP contribution in [0.1, 0.15) is 58.6 Å². The van der Waals surface area contributed by atoms with E-state index in [1.54, 1.807) is 6.92 Å². The predicted octanol–water partition coefficient (Wildman–Crippen LogP) is 3.44. The number of esters is 1. The summed E-state index contributed by atoms with van der Waals surface area (Å²) in [7, 11) is 0. The van der Waals surface area contributed by atoms with Gasteiger partial charge in [0, 0.05) is 0 Å². The molecule has 0 bridgehead atoms. The summed E-state index contributed by atoms with van der Waals surface area (Å²) in [6.45, 7) is 8.32. The first-order chi connectivity index (χ1) is 12.8. The Kier molecular flexibility index (Phi) is 7.84. The highest BCUT2D eigenvalue weighted by Gasteiger charge is 2.36. The maximum atomic E-state index is 12.9. The first kappa shape index (κ1) is 21.4. The van der Waals surface area contributed by atoms with Gasteiger partial charge in [-0.2, -0.15) is 0 Å². The third-order valence-electron chi connectivity index (χ3n) is 5.65. The Bertz CT molecular complexity index is 615. The van der Waals surface area contributed by atoms with Gasteiger partial charge in [0.1, 0.15) is 6.61 Å². The van der Waals surface area contributed by atoms with E-state index in [9.17, 15) is 9.59 Å². The zero-order valence-electron chi connectivity index (χ0n) is 17.0. The molecule has 0 radical (unpaired) electrons. The van der Waals surface area contributed by atoms with Crippen molar-refractivity contribution in [2.24, 2.45) is 29.4 Å². The smallest absolute Gasteiger partial charge is 0.309 e. The van der Waals surface area contributed by atoms with Crippen LogP contribution in [0.25, 0.3) is 0 Å². The van der Waals surface area contributed by atoms with E-state index in [0.29, 0.717) is 17.8 Å². The van der Waals surface area contributed by atoms with E-state index in [1.807, 2.05) is 30.3 Å². The van der Waals surface area contributed by atoms with Crippen LogP contribution in [-0.2, 0) is 14.3 Å². The number of carbonyl (C=O) groups is 2. The number of rotatable bonds is 7. The molecule has 27 heavy (non-hydrogen) atoms. The number of nitrogens with two attached hydrogens (primary N) is 1. The molecule has 5 nitrogen and oxygen atoms in total. The first-order valence-corrected chi connectivity index (χ1v) is 10.1. The lowest BCUT2D eigenvalue weighted by Gasteiger charge is -2.36. The van der Waals surface area contributed by atoms with Crippen LogP contribution in [0.4, 0.5) is 0 Å². The molecule has 0 saturated heterocycles. The molecule has 1 aromatic rings. The molecule has 5 heteroatoms. The predicted molar refractivity (Wildman–Crippen MR) is 107 cm³/mol. The molecule has 0 heterocycles. The molecular weight excluding hydrogens is 340 g/mol. The standard InChI is InChI=1S/C22H34N2O3/c1-14(2)18-11-10-15(3)12-19(18)22(26)27-13-20(24-21(25)16(4)23)17-8-6-5-7-9-17/h5-9,14-16,18-20H,10-13,23H2,1-4H3,(H,24,25)/t15-,16+,18+,19-,20-/m1/s1. The fourth-order valence-electron chi connectivity index (χ4n) is 3.96. The molecule has 3 N–H and O–H groups in total. The summed E-state index contributed by atoms with van der Waals surface area (Å²) in [5, 5.41) is 2.89. The Morgan fingerprint density at radius 2 is 1.85 bits per heavy atom. The highest BCUT2D eigenvalue weighted by Crippen LogP contribution is 2.38. The van der Waals surface area contributed by atoms with Gasteiger partial charge < -0.3 is 15.8 Å². The number of hydrogen-bond acceptors (Lipinski definition) is 4. The SMILES string of the molecule is CC(C)[C@@H]1CC[C@@H](C)C[C@H]1C(=O)OC[C@@H](NC(=O)[C@H](C)N)c1ccccc1. The van der Waals surface area contributed by atoms with Crippen LogP contribution in [0.2, 0.25) is 0 Å². The van der Waals surface area contributed by atoms with E-state index in [1.165, 1.54) is 6.42 Å². The van der Waals surface area contributed by atoms with Gasteiger partial charge in [-0.1, -0.05) is 57.5 Å². The monoisotopic (exact) mass is 374 g/mol. The third kappa shape index (κ3) is 6.06. The second-order valence-electron chi connectivity index (χ2n) is 8.32. The van der Waals surface area contributed by atoms with Gasteiger partial charge in [-0.05, 0) is 43.1 Å². The van der Waals surface area contributed by atoms with E-state index in [4.69, 9.17) is 10.5 Å². The van der Waals surface area contributed by atoms with Gasteiger partial charge in [0.05, 0.1) is 18.0 Å². The summed E-state index contributed by atoms with van der Waals surface area (Å²) in [6, 6.07) is 8.54. The number of amides is 1. The highest BCUT2D eigenvalue weighted by atomic mass is 16.5. The zero-order valence-corrected chi connectivity index (χ0v) is 17.0. The Hall–Kier alpha value is -1.88. The largest absolute Gasteiger partial charge is 0.463 e. The van der Waals surface area contributed by atoms with E-state index in [-0.39, 0.29) is 24.4 Å². The fraction of sp³-hybridized carbons (Fsp3) is 0.636. The van der Waals surface area contributed by atoms with Crippen molar-refractivity contribution < 1.29 is 14.3 Å². The summed E-state index contributed by atoms with van der Waals surface area (Å²) < 4.78 is 5.71. The van der Waals surface area contributed by atoms with Crippen molar-refractivity contribution in [1.82, 2.24) is 5.32 Å². The van der Waals surface area contributed by atoms with Gasteiger partial charge in [-0.25, -0.2) is 0 Å². The van der Waals surface area contributed by atoms with Gasteiger partial charge in [0.2, 0.25) is 5.91 Å². The van der Waals surface area contributed by atoms with Crippen LogP contribution >= 0.6 is 0 Å². The minimum absolute atomic E-state index is 0.0608. The molecule has 150 valence electrons. The van der Waals surface area contributed by atoms with Gasteiger partial charge >= 0.3 is 5.97 Å². The van der Waals surface area contributed by atoms with Gasteiger partial charge in [0.25, 0.3) is 0 Å². The average molecular weight is 375 g/mol. The van der Waals surface area contributed by atoms with Crippen molar-refractivity contribution in [1.29, 1.82) is 0 Å². The quantitative estimate of drug-likeness (QED) is 0.716. The number of carbonyl (C=O) groups excluding carboxylic acids is 2. The zero-order chi connectivity index (χ0) is 20.0. The molecule has 0 unspecified atom stereocenters. The lowest BCUT2D eigenvalue weighted by atomic mass is 9.70. The third-order valence-corrected chi connectivity index (χ3v) is 5.65. The molecule has 1 saturated carbocycles. The van der Waals surface area contributed by atoms with E-state index in [2.05, 4.69) is 26.1 Å². The number of ether oxygens (including phenoxy) is 1. The summed E-state index contributed by atoms with van der Waals surface area (Å²) >= 11 is 0. The van der Waals surface area contributed by atoms with Crippen molar-refractivity contribution in [3.8, 4) is 0 Å². The maximum absolute atomic E-state index is 12.9. The highest BCUT2D eigenvalue weighted by molar-refractivity contribution is 5.81. The summed E-state index contributed by atoms with van der Waals surface area (Å²) in [5.74, 6) is 0.900. The normalized spacial score (nSPS) is 24.9. The van der Waals surface area contributed by atoms with Crippen molar-refractivity contribution in [2.45, 2.75) is 59.0 Å². The van der Waals surface area contributed by atoms with Crippen LogP contribution in [0.5, 0.6) is 0 Å². The first-order valence-electron chi connectivity index (χ1n) is 10.1. The van der Waals surface area contributed by atoms with Crippen molar-refractivity contribution >= 4 is 11.9 Å². The molecule has 2 rings (SSSR count). The number of nitrogens with one attached hydrogen (secondary N) is 1. The second kappa shape index (κ2) is 9.88. The number of hydrogen-bond donors (Lipinski definition) is 2. The van der Waals surface area contributed by atoms with Gasteiger partial charge in [0.15, 0.2) is 0 Å². The molecule has 5 atom stereocenters. The second-order valence-corrected chi connectivity index (χ2v) is 8.32. The number of benzene rings is 1. The van der Waals surface area contributed by atoms with Crippen molar-refractivity contribution in [2.75, 3.05) is 6.61 Å². The van der Waals surface area contributed by atoms with E-state index < -0.39 is 12.1 Å². The fourth-order valence-corrected chi connectivity index (χ4v) is 3.96. The summed E-state index contributed by atoms with van der Waals surface area (Å²) in [6.07, 6.45) is 3.12. The Balaban J connectivity index is 2.06. The summed E-state index contributed by atoms with van der Waals surface area (Å²) in [5.41, 5.74) is 6.58. The van der Waals surface area contributed by atoms with Crippen LogP contribution in [0.3, 0.4) is 0 Å². The Morgan fingerprint density at radius 3 is 2.44 bits per heavy atom. The Labute approximate surface area is 163 Å². The van der Waals surface area contributed by atoms with Gasteiger partial charge in [-0.15, -0.1) is 0 Å². The molecule has 1 aromatic carbocycles. The minimum Gasteiger partial charge on any atom is -0.463 e. The lowest BCUT2D eigenvalue weighted by molar-refractivity contribution is -0.154. The summed E-state index contributed by atoms with van der Waals surface area (Å²) in [4.78, 5) is 24.9. The van der Waals surface area contributed by atoms with Crippen molar-refractivity contribution in [3.63, 3.8) is 0 Å². The molecule has 1 aliphatic carbocycles. The molecule has 0 aromatic heterocycles. The van der Waals surface area contributed by atoms with Crippen LogP contribution < -0.4 is 11.1 Å². The van der Waals surface area contributed by atoms with Crippen LogP contribution in [0, 0.1) is 23.7 Å². The molecule has 1 aliphatic rings. The minimum atomic E-state index is -0.614. The average Bonchev–Trinajstić information content (AvgIpc) is 2.64. The Morgan fingerprint density at radius 1 is 1.19 bits per heavy atom. The molecule has 1 amide bonds. The maximum Gasteiger partial charge on any atom is 0.309 e. The molecular formula is C22H34N2O3. The molecule has 1 fully saturated rings. The van der Waals surface area contributed by atoms with Crippen LogP contribution in [0.15, 0.2) is 30.3 Å². The van der Waals surface area contributed by atoms with Crippen LogP contribution in [-0.4, -0.2) is 24.5 Å². The van der Waals surface area contributed by atoms with E-state index in [0.717, 1.165) is 18.4 Å². The van der Waals surface area contributed by atoms with Gasteiger partial charge in [-0.3, -0.25) is 9.59 Å². The van der Waals surface area contributed by atoms with E-state index >= 15 is 0 Å².